The van der Waals surface area contributed by atoms with Gasteiger partial charge >= 0.3 is 0 Å². The van der Waals surface area contributed by atoms with Crippen molar-refractivity contribution in [2.45, 2.75) is 19.4 Å². The van der Waals surface area contributed by atoms with Gasteiger partial charge in [-0.15, -0.1) is 0 Å². The Kier molecular flexibility index (Phi) is 3.69. The molecule has 0 amide bonds. The average molecular weight is 247 g/mol. The molecule has 0 saturated heterocycles. The Hall–Kier alpha value is -1.78. The quantitative estimate of drug-likeness (QED) is 0.662. The molecule has 0 aliphatic heterocycles. The highest BCUT2D eigenvalue weighted by atomic mass is 16.3. The number of phenolic OH excluding ortho intramolecular Hbond substituents is 1. The summed E-state index contributed by atoms with van der Waals surface area (Å²) in [4.78, 5) is 3.12. The van der Waals surface area contributed by atoms with E-state index in [2.05, 4.69) is 4.98 Å². The summed E-state index contributed by atoms with van der Waals surface area (Å²) in [6.07, 6.45) is 1.45. The van der Waals surface area contributed by atoms with Crippen molar-refractivity contribution in [3.63, 3.8) is 0 Å². The van der Waals surface area contributed by atoms with Crippen LogP contribution in [0.25, 0.3) is 11.3 Å². The first-order valence-electron chi connectivity index (χ1n) is 5.87. The summed E-state index contributed by atoms with van der Waals surface area (Å²) in [7, 11) is 0. The van der Waals surface area contributed by atoms with E-state index in [0.29, 0.717) is 6.42 Å². The summed E-state index contributed by atoms with van der Waals surface area (Å²) in [6.45, 7) is 1.59. The Morgan fingerprint density at radius 1 is 1.28 bits per heavy atom. The molecule has 2 aromatic rings. The SMILES string of the molecule is Cc1cc(-c2[nH]ccc2CC(O)CO)ccc1O. The fraction of sp³-hybridized carbons (Fsp3) is 0.286. The second-order valence-corrected chi connectivity index (χ2v) is 4.42. The maximum atomic E-state index is 9.51. The number of phenols is 1. The molecule has 0 aliphatic carbocycles. The molecule has 0 aliphatic rings. The topological polar surface area (TPSA) is 76.5 Å². The zero-order valence-electron chi connectivity index (χ0n) is 10.2. The lowest BCUT2D eigenvalue weighted by molar-refractivity contribution is 0.0956. The second kappa shape index (κ2) is 5.25. The number of benzene rings is 1. The lowest BCUT2D eigenvalue weighted by Gasteiger charge is -2.09. The summed E-state index contributed by atoms with van der Waals surface area (Å²) in [6, 6.07) is 7.24. The normalized spacial score (nSPS) is 12.6. The van der Waals surface area contributed by atoms with Crippen LogP contribution in [0, 0.1) is 6.92 Å². The summed E-state index contributed by atoms with van der Waals surface area (Å²) in [5.41, 5.74) is 3.61. The number of hydrogen-bond acceptors (Lipinski definition) is 3. The Morgan fingerprint density at radius 2 is 2.06 bits per heavy atom. The molecular weight excluding hydrogens is 230 g/mol. The van der Waals surface area contributed by atoms with Gasteiger partial charge in [-0.1, -0.05) is 0 Å². The zero-order chi connectivity index (χ0) is 13.1. The third kappa shape index (κ3) is 2.55. The number of aliphatic hydroxyl groups is 2. The van der Waals surface area contributed by atoms with Gasteiger partial charge in [-0.05, 0) is 47.9 Å². The lowest BCUT2D eigenvalue weighted by Crippen LogP contribution is -2.15. The van der Waals surface area contributed by atoms with Crippen LogP contribution in [0.3, 0.4) is 0 Å². The number of aromatic nitrogens is 1. The van der Waals surface area contributed by atoms with Crippen LogP contribution in [-0.2, 0) is 6.42 Å². The van der Waals surface area contributed by atoms with E-state index in [4.69, 9.17) is 5.11 Å². The molecule has 1 heterocycles. The molecule has 96 valence electrons. The summed E-state index contributed by atoms with van der Waals surface area (Å²) in [5.74, 6) is 0.266. The van der Waals surface area contributed by atoms with Crippen molar-refractivity contribution in [2.75, 3.05) is 6.61 Å². The Labute approximate surface area is 106 Å². The fourth-order valence-electron chi connectivity index (χ4n) is 1.97. The van der Waals surface area contributed by atoms with Crippen LogP contribution in [0.15, 0.2) is 30.5 Å². The van der Waals surface area contributed by atoms with Crippen LogP contribution in [0.4, 0.5) is 0 Å². The summed E-state index contributed by atoms with van der Waals surface area (Å²) < 4.78 is 0. The van der Waals surface area contributed by atoms with E-state index < -0.39 is 6.10 Å². The molecular formula is C14H17NO3. The highest BCUT2D eigenvalue weighted by molar-refractivity contribution is 5.65. The van der Waals surface area contributed by atoms with Crippen LogP contribution in [0.2, 0.25) is 0 Å². The molecule has 4 heteroatoms. The predicted molar refractivity (Wildman–Crippen MR) is 69.4 cm³/mol. The van der Waals surface area contributed by atoms with Crippen LogP contribution in [0.5, 0.6) is 5.75 Å². The molecule has 18 heavy (non-hydrogen) atoms. The fourth-order valence-corrected chi connectivity index (χ4v) is 1.97. The van der Waals surface area contributed by atoms with Gasteiger partial charge < -0.3 is 20.3 Å². The van der Waals surface area contributed by atoms with E-state index in [9.17, 15) is 10.2 Å². The van der Waals surface area contributed by atoms with Gasteiger partial charge in [-0.3, -0.25) is 0 Å². The van der Waals surface area contributed by atoms with Gasteiger partial charge in [-0.25, -0.2) is 0 Å². The van der Waals surface area contributed by atoms with E-state index in [-0.39, 0.29) is 12.4 Å². The monoisotopic (exact) mass is 247 g/mol. The maximum Gasteiger partial charge on any atom is 0.118 e. The molecule has 0 radical (unpaired) electrons. The third-order valence-electron chi connectivity index (χ3n) is 2.99. The van der Waals surface area contributed by atoms with Crippen molar-refractivity contribution in [2.24, 2.45) is 0 Å². The molecule has 1 aromatic heterocycles. The van der Waals surface area contributed by atoms with E-state index in [1.807, 2.05) is 25.1 Å². The Balaban J connectivity index is 2.33. The standard InChI is InChI=1S/C14H17NO3/c1-9-6-10(2-3-13(9)18)14-11(4-5-15-14)7-12(17)8-16/h2-6,12,15-18H,7-8H2,1H3. The third-order valence-corrected chi connectivity index (χ3v) is 2.99. The van der Waals surface area contributed by atoms with E-state index in [1.54, 1.807) is 12.3 Å². The van der Waals surface area contributed by atoms with Crippen molar-refractivity contribution in [3.8, 4) is 17.0 Å². The molecule has 0 fully saturated rings. The van der Waals surface area contributed by atoms with E-state index >= 15 is 0 Å². The average Bonchev–Trinajstić information content (AvgIpc) is 2.80. The lowest BCUT2D eigenvalue weighted by atomic mass is 10.0. The van der Waals surface area contributed by atoms with Crippen LogP contribution < -0.4 is 0 Å². The van der Waals surface area contributed by atoms with Crippen LogP contribution in [0.1, 0.15) is 11.1 Å². The molecule has 0 bridgehead atoms. The van der Waals surface area contributed by atoms with Crippen molar-refractivity contribution >= 4 is 0 Å². The van der Waals surface area contributed by atoms with Gasteiger partial charge in [0.05, 0.1) is 12.7 Å². The molecule has 4 nitrogen and oxygen atoms in total. The van der Waals surface area contributed by atoms with Gasteiger partial charge in [0.15, 0.2) is 0 Å². The van der Waals surface area contributed by atoms with Gasteiger partial charge in [-0.2, -0.15) is 0 Å². The highest BCUT2D eigenvalue weighted by Crippen LogP contribution is 2.27. The van der Waals surface area contributed by atoms with Gasteiger partial charge in [0.25, 0.3) is 0 Å². The number of H-pyrrole nitrogens is 1. The number of aryl methyl sites for hydroxylation is 1. The molecule has 1 atom stereocenters. The minimum atomic E-state index is -0.752. The first-order chi connectivity index (χ1) is 8.61. The number of nitrogens with one attached hydrogen (secondary N) is 1. The first-order valence-corrected chi connectivity index (χ1v) is 5.87. The number of hydrogen-bond donors (Lipinski definition) is 4. The van der Waals surface area contributed by atoms with Crippen molar-refractivity contribution < 1.29 is 15.3 Å². The number of aromatic hydroxyl groups is 1. The number of aromatic amines is 1. The molecule has 2 rings (SSSR count). The van der Waals surface area contributed by atoms with Crippen LogP contribution in [-0.4, -0.2) is 33.0 Å². The van der Waals surface area contributed by atoms with Crippen molar-refractivity contribution in [1.29, 1.82) is 0 Å². The van der Waals surface area contributed by atoms with Crippen molar-refractivity contribution in [1.82, 2.24) is 4.98 Å². The molecule has 1 aromatic carbocycles. The Bertz CT molecular complexity index is 534. The number of aliphatic hydroxyl groups excluding tert-OH is 2. The highest BCUT2D eigenvalue weighted by Gasteiger charge is 2.11. The van der Waals surface area contributed by atoms with E-state index in [1.165, 1.54) is 0 Å². The van der Waals surface area contributed by atoms with Gasteiger partial charge in [0.1, 0.15) is 5.75 Å². The number of rotatable bonds is 4. The molecule has 0 saturated carbocycles. The zero-order valence-corrected chi connectivity index (χ0v) is 10.2. The van der Waals surface area contributed by atoms with Gasteiger partial charge in [0.2, 0.25) is 0 Å². The molecule has 4 N–H and O–H groups in total. The minimum absolute atomic E-state index is 0.251. The molecule has 1 unspecified atom stereocenters. The largest absolute Gasteiger partial charge is 0.508 e. The predicted octanol–water partition coefficient (Wildman–Crippen LogP) is 1.59. The van der Waals surface area contributed by atoms with Crippen LogP contribution >= 0.6 is 0 Å². The molecule has 0 spiro atoms. The van der Waals surface area contributed by atoms with E-state index in [0.717, 1.165) is 22.4 Å². The maximum absolute atomic E-state index is 9.51. The first kappa shape index (κ1) is 12.7. The Morgan fingerprint density at radius 3 is 2.72 bits per heavy atom. The smallest absolute Gasteiger partial charge is 0.118 e. The second-order valence-electron chi connectivity index (χ2n) is 4.42. The van der Waals surface area contributed by atoms with Crippen molar-refractivity contribution in [3.05, 3.63) is 41.6 Å². The summed E-state index contributed by atoms with van der Waals surface area (Å²) >= 11 is 0. The minimum Gasteiger partial charge on any atom is -0.508 e. The summed E-state index contributed by atoms with van der Waals surface area (Å²) in [5, 5.41) is 27.9. The van der Waals surface area contributed by atoms with Gasteiger partial charge in [0, 0.05) is 18.3 Å².